The molecule has 0 saturated heterocycles. The standard InChI is InChI=1S/C17H12FNO2/c1-10(20)12-4-7-14-15(9-19-16(14)8-12)17(21)11-2-5-13(18)6-3-11/h2-9,19H,1H3. The summed E-state index contributed by atoms with van der Waals surface area (Å²) in [4.78, 5) is 26.8. The van der Waals surface area contributed by atoms with E-state index in [1.165, 1.54) is 31.2 Å². The SMILES string of the molecule is CC(=O)c1ccc2c(C(=O)c3ccc(F)cc3)c[nH]c2c1. The lowest BCUT2D eigenvalue weighted by Gasteiger charge is -2.01. The molecule has 21 heavy (non-hydrogen) atoms. The molecule has 1 aromatic heterocycles. The number of aromatic amines is 1. The lowest BCUT2D eigenvalue weighted by Crippen LogP contribution is -2.00. The summed E-state index contributed by atoms with van der Waals surface area (Å²) in [6.45, 7) is 1.49. The molecule has 0 aliphatic heterocycles. The second kappa shape index (κ2) is 4.98. The van der Waals surface area contributed by atoms with Crippen LogP contribution in [0.2, 0.25) is 0 Å². The molecule has 0 radical (unpaired) electrons. The molecule has 0 saturated carbocycles. The van der Waals surface area contributed by atoms with Gasteiger partial charge in [-0.25, -0.2) is 4.39 Å². The van der Waals surface area contributed by atoms with E-state index in [0.717, 1.165) is 10.9 Å². The molecule has 0 atom stereocenters. The van der Waals surface area contributed by atoms with Gasteiger partial charge in [-0.2, -0.15) is 0 Å². The summed E-state index contributed by atoms with van der Waals surface area (Å²) < 4.78 is 12.9. The van der Waals surface area contributed by atoms with Crippen LogP contribution in [0, 0.1) is 5.82 Å². The van der Waals surface area contributed by atoms with Gasteiger partial charge in [-0.1, -0.05) is 12.1 Å². The van der Waals surface area contributed by atoms with Crippen molar-refractivity contribution >= 4 is 22.5 Å². The zero-order chi connectivity index (χ0) is 15.0. The lowest BCUT2D eigenvalue weighted by atomic mass is 10.0. The van der Waals surface area contributed by atoms with Crippen molar-refractivity contribution in [3.8, 4) is 0 Å². The van der Waals surface area contributed by atoms with E-state index in [9.17, 15) is 14.0 Å². The van der Waals surface area contributed by atoms with Gasteiger partial charge in [0, 0.05) is 33.8 Å². The van der Waals surface area contributed by atoms with Gasteiger partial charge in [-0.05, 0) is 37.3 Å². The molecule has 0 aliphatic rings. The Bertz CT molecular complexity index is 847. The van der Waals surface area contributed by atoms with Gasteiger partial charge in [0.25, 0.3) is 0 Å². The molecular formula is C17H12FNO2. The molecule has 2 aromatic carbocycles. The number of fused-ring (bicyclic) bond motifs is 1. The van der Waals surface area contributed by atoms with E-state index in [-0.39, 0.29) is 17.4 Å². The normalized spacial score (nSPS) is 10.8. The van der Waals surface area contributed by atoms with Crippen molar-refractivity contribution in [2.45, 2.75) is 6.92 Å². The first-order chi connectivity index (χ1) is 10.1. The van der Waals surface area contributed by atoms with Crippen LogP contribution in [0.1, 0.15) is 33.2 Å². The summed E-state index contributed by atoms with van der Waals surface area (Å²) in [6.07, 6.45) is 1.61. The second-order valence-corrected chi connectivity index (χ2v) is 4.85. The maximum Gasteiger partial charge on any atom is 0.195 e. The Morgan fingerprint density at radius 3 is 2.33 bits per heavy atom. The third-order valence-electron chi connectivity index (χ3n) is 3.44. The molecule has 0 fully saturated rings. The van der Waals surface area contributed by atoms with Crippen LogP contribution in [0.15, 0.2) is 48.7 Å². The van der Waals surface area contributed by atoms with Crippen LogP contribution in [-0.4, -0.2) is 16.6 Å². The molecule has 3 nitrogen and oxygen atoms in total. The van der Waals surface area contributed by atoms with Gasteiger partial charge in [-0.3, -0.25) is 9.59 Å². The summed E-state index contributed by atoms with van der Waals surface area (Å²) in [7, 11) is 0. The lowest BCUT2D eigenvalue weighted by molar-refractivity contribution is 0.101. The molecule has 0 bridgehead atoms. The zero-order valence-electron chi connectivity index (χ0n) is 11.3. The highest BCUT2D eigenvalue weighted by Gasteiger charge is 2.15. The number of carbonyl (C=O) groups is 2. The summed E-state index contributed by atoms with van der Waals surface area (Å²) in [5.41, 5.74) is 2.25. The summed E-state index contributed by atoms with van der Waals surface area (Å²) in [5.74, 6) is -0.591. The van der Waals surface area contributed by atoms with Crippen molar-refractivity contribution in [1.29, 1.82) is 0 Å². The fraction of sp³-hybridized carbons (Fsp3) is 0.0588. The zero-order valence-corrected chi connectivity index (χ0v) is 11.3. The van der Waals surface area contributed by atoms with Crippen molar-refractivity contribution in [3.63, 3.8) is 0 Å². The van der Waals surface area contributed by atoms with Gasteiger partial charge in [0.05, 0.1) is 0 Å². The van der Waals surface area contributed by atoms with Crippen LogP contribution in [0.25, 0.3) is 10.9 Å². The number of aromatic nitrogens is 1. The van der Waals surface area contributed by atoms with E-state index in [0.29, 0.717) is 16.7 Å². The number of carbonyl (C=O) groups excluding carboxylic acids is 2. The van der Waals surface area contributed by atoms with Gasteiger partial charge in [0.15, 0.2) is 11.6 Å². The van der Waals surface area contributed by atoms with Gasteiger partial charge >= 0.3 is 0 Å². The maximum atomic E-state index is 12.9. The Morgan fingerprint density at radius 2 is 1.67 bits per heavy atom. The maximum absolute atomic E-state index is 12.9. The van der Waals surface area contributed by atoms with E-state index in [4.69, 9.17) is 0 Å². The molecule has 3 aromatic rings. The molecule has 0 spiro atoms. The Morgan fingerprint density at radius 1 is 1.00 bits per heavy atom. The monoisotopic (exact) mass is 281 g/mol. The number of nitrogens with one attached hydrogen (secondary N) is 1. The minimum atomic E-state index is -0.378. The van der Waals surface area contributed by atoms with Crippen molar-refractivity contribution in [2.75, 3.05) is 0 Å². The number of H-pyrrole nitrogens is 1. The first-order valence-corrected chi connectivity index (χ1v) is 6.48. The average Bonchev–Trinajstić information content (AvgIpc) is 2.90. The number of hydrogen-bond donors (Lipinski definition) is 1. The van der Waals surface area contributed by atoms with Gasteiger partial charge < -0.3 is 4.98 Å². The topological polar surface area (TPSA) is 49.9 Å². The fourth-order valence-corrected chi connectivity index (χ4v) is 2.29. The molecule has 1 N–H and O–H groups in total. The predicted molar refractivity (Wildman–Crippen MR) is 78.1 cm³/mol. The largest absolute Gasteiger partial charge is 0.360 e. The van der Waals surface area contributed by atoms with E-state index < -0.39 is 0 Å². The molecule has 0 aliphatic carbocycles. The van der Waals surface area contributed by atoms with Gasteiger partial charge in [0.2, 0.25) is 0 Å². The minimum Gasteiger partial charge on any atom is -0.360 e. The Balaban J connectivity index is 2.06. The highest BCUT2D eigenvalue weighted by atomic mass is 19.1. The van der Waals surface area contributed by atoms with Crippen LogP contribution >= 0.6 is 0 Å². The fourth-order valence-electron chi connectivity index (χ4n) is 2.29. The summed E-state index contributed by atoms with van der Waals surface area (Å²) in [6, 6.07) is 10.6. The van der Waals surface area contributed by atoms with Crippen molar-refractivity contribution in [1.82, 2.24) is 4.98 Å². The number of ketones is 2. The van der Waals surface area contributed by atoms with Crippen molar-refractivity contribution in [3.05, 3.63) is 71.2 Å². The van der Waals surface area contributed by atoms with E-state index in [1.807, 2.05) is 0 Å². The number of hydrogen-bond acceptors (Lipinski definition) is 2. The number of benzene rings is 2. The molecular weight excluding hydrogens is 269 g/mol. The molecule has 3 rings (SSSR count). The Hall–Kier alpha value is -2.75. The van der Waals surface area contributed by atoms with E-state index in [1.54, 1.807) is 24.4 Å². The molecule has 0 unspecified atom stereocenters. The van der Waals surface area contributed by atoms with Crippen LogP contribution < -0.4 is 0 Å². The second-order valence-electron chi connectivity index (χ2n) is 4.85. The van der Waals surface area contributed by atoms with Gasteiger partial charge in [0.1, 0.15) is 5.82 Å². The molecule has 0 amide bonds. The van der Waals surface area contributed by atoms with Crippen LogP contribution in [0.4, 0.5) is 4.39 Å². The van der Waals surface area contributed by atoms with Gasteiger partial charge in [-0.15, -0.1) is 0 Å². The van der Waals surface area contributed by atoms with E-state index in [2.05, 4.69) is 4.98 Å². The Kier molecular flexibility index (Phi) is 3.14. The number of rotatable bonds is 3. The smallest absolute Gasteiger partial charge is 0.195 e. The van der Waals surface area contributed by atoms with Crippen LogP contribution in [-0.2, 0) is 0 Å². The number of halogens is 1. The third kappa shape index (κ3) is 2.36. The first-order valence-electron chi connectivity index (χ1n) is 6.48. The average molecular weight is 281 g/mol. The van der Waals surface area contributed by atoms with Crippen molar-refractivity contribution < 1.29 is 14.0 Å². The van der Waals surface area contributed by atoms with Crippen LogP contribution in [0.5, 0.6) is 0 Å². The molecule has 1 heterocycles. The quantitative estimate of drug-likeness (QED) is 0.743. The summed E-state index contributed by atoms with van der Waals surface area (Å²) >= 11 is 0. The highest BCUT2D eigenvalue weighted by Crippen LogP contribution is 2.22. The third-order valence-corrected chi connectivity index (χ3v) is 3.44. The molecule has 4 heteroatoms. The van der Waals surface area contributed by atoms with Crippen molar-refractivity contribution in [2.24, 2.45) is 0 Å². The minimum absolute atomic E-state index is 0.0297. The molecule has 104 valence electrons. The summed E-state index contributed by atoms with van der Waals surface area (Å²) in [5, 5.41) is 0.745. The Labute approximate surface area is 120 Å². The van der Waals surface area contributed by atoms with E-state index >= 15 is 0 Å². The van der Waals surface area contributed by atoms with Crippen LogP contribution in [0.3, 0.4) is 0 Å². The number of Topliss-reactive ketones (excluding diaryl/α,β-unsaturated/α-hetero) is 1. The first kappa shape index (κ1) is 13.2. The highest BCUT2D eigenvalue weighted by molar-refractivity contribution is 6.16. The predicted octanol–water partition coefficient (Wildman–Crippen LogP) is 3.74.